The van der Waals surface area contributed by atoms with E-state index in [9.17, 15) is 22.0 Å². The van der Waals surface area contributed by atoms with E-state index in [-0.39, 0.29) is 5.69 Å². The lowest BCUT2D eigenvalue weighted by molar-refractivity contribution is -0.119. The number of sulfone groups is 1. The molecule has 0 spiro atoms. The van der Waals surface area contributed by atoms with Crippen molar-refractivity contribution in [2.24, 2.45) is 11.1 Å². The highest BCUT2D eigenvalue weighted by Crippen LogP contribution is 2.23. The number of halogens is 2. The Morgan fingerprint density at radius 3 is 2.33 bits per heavy atom. The van der Waals surface area contributed by atoms with Crippen molar-refractivity contribution in [1.82, 2.24) is 0 Å². The Hall–Kier alpha value is -1.54. The first-order valence-corrected chi connectivity index (χ1v) is 7.69. The second kappa shape index (κ2) is 6.07. The summed E-state index contributed by atoms with van der Waals surface area (Å²) < 4.78 is 47.7. The van der Waals surface area contributed by atoms with Crippen molar-refractivity contribution in [3.8, 4) is 0 Å². The molecule has 0 aliphatic carbocycles. The number of benzene rings is 1. The Kier molecular flexibility index (Phi) is 5.06. The molecule has 0 fully saturated rings. The zero-order valence-corrected chi connectivity index (χ0v) is 12.7. The van der Waals surface area contributed by atoms with Crippen LogP contribution in [0.2, 0.25) is 0 Å². The lowest BCUT2D eigenvalue weighted by Crippen LogP contribution is -2.45. The molecule has 5 nitrogen and oxygen atoms in total. The molecule has 1 amide bonds. The molecule has 8 heteroatoms. The summed E-state index contributed by atoms with van der Waals surface area (Å²) in [5.74, 6) is -4.03. The number of alkyl halides is 2. The van der Waals surface area contributed by atoms with Gasteiger partial charge in [0.1, 0.15) is 0 Å². The smallest absolute Gasteiger partial charge is 0.325 e. The van der Waals surface area contributed by atoms with Crippen LogP contribution in [0.1, 0.15) is 20.8 Å². The Morgan fingerprint density at radius 2 is 1.86 bits per heavy atom. The summed E-state index contributed by atoms with van der Waals surface area (Å²) in [6.07, 6.45) is 0. The first kappa shape index (κ1) is 17.5. The normalized spacial score (nSPS) is 14.0. The van der Waals surface area contributed by atoms with E-state index in [4.69, 9.17) is 5.73 Å². The summed E-state index contributed by atoms with van der Waals surface area (Å²) in [4.78, 5) is 11.4. The number of anilines is 1. The number of hydrogen-bond donors (Lipinski definition) is 2. The molecule has 0 bridgehead atoms. The molecule has 1 aromatic carbocycles. The number of amides is 1. The molecule has 3 N–H and O–H groups in total. The molecule has 1 rings (SSSR count). The second-order valence-electron chi connectivity index (χ2n) is 5.67. The highest BCUT2D eigenvalue weighted by atomic mass is 32.2. The summed E-state index contributed by atoms with van der Waals surface area (Å²) in [6, 6.07) is 3.87. The zero-order valence-electron chi connectivity index (χ0n) is 11.9. The van der Waals surface area contributed by atoms with Crippen molar-refractivity contribution < 1.29 is 22.0 Å². The Morgan fingerprint density at radius 1 is 1.29 bits per heavy atom. The van der Waals surface area contributed by atoms with E-state index in [0.29, 0.717) is 0 Å². The molecule has 0 aliphatic rings. The van der Waals surface area contributed by atoms with Crippen LogP contribution in [-0.4, -0.2) is 26.1 Å². The molecule has 0 saturated heterocycles. The minimum Gasteiger partial charge on any atom is -0.325 e. The molecular weight excluding hydrogens is 302 g/mol. The minimum absolute atomic E-state index is 0.0985. The third kappa shape index (κ3) is 4.21. The van der Waals surface area contributed by atoms with Crippen LogP contribution in [0.5, 0.6) is 0 Å². The fraction of sp³-hybridized carbons (Fsp3) is 0.462. The van der Waals surface area contributed by atoms with Crippen LogP contribution in [-0.2, 0) is 14.6 Å². The maximum atomic E-state index is 12.5. The molecule has 0 aromatic heterocycles. The first-order valence-electron chi connectivity index (χ1n) is 6.15. The first-order chi connectivity index (χ1) is 9.46. The number of nitrogens with two attached hydrogens (primary N) is 1. The van der Waals surface area contributed by atoms with Crippen molar-refractivity contribution in [2.45, 2.75) is 37.5 Å². The van der Waals surface area contributed by atoms with Crippen LogP contribution < -0.4 is 11.1 Å². The van der Waals surface area contributed by atoms with Gasteiger partial charge < -0.3 is 11.1 Å². The molecule has 0 saturated carbocycles. The quantitative estimate of drug-likeness (QED) is 0.888. The van der Waals surface area contributed by atoms with Gasteiger partial charge in [-0.05, 0) is 23.6 Å². The Bertz CT molecular complexity index is 625. The van der Waals surface area contributed by atoms with Gasteiger partial charge in [0.05, 0.1) is 10.9 Å². The van der Waals surface area contributed by atoms with Crippen LogP contribution in [0, 0.1) is 5.41 Å². The lowest BCUT2D eigenvalue weighted by atomic mass is 9.87. The summed E-state index contributed by atoms with van der Waals surface area (Å²) in [6.45, 7) is 5.32. The van der Waals surface area contributed by atoms with Gasteiger partial charge in [-0.1, -0.05) is 26.8 Å². The fourth-order valence-corrected chi connectivity index (χ4v) is 2.23. The number of carbonyl (C=O) groups excluding carboxylic acids is 1. The monoisotopic (exact) mass is 320 g/mol. The van der Waals surface area contributed by atoms with Gasteiger partial charge >= 0.3 is 5.76 Å². The van der Waals surface area contributed by atoms with Crippen LogP contribution in [0.15, 0.2) is 29.2 Å². The van der Waals surface area contributed by atoms with Gasteiger partial charge in [-0.15, -0.1) is 0 Å². The average molecular weight is 320 g/mol. The van der Waals surface area contributed by atoms with E-state index in [0.717, 1.165) is 12.1 Å². The van der Waals surface area contributed by atoms with Gasteiger partial charge in [-0.2, -0.15) is 8.78 Å². The van der Waals surface area contributed by atoms with E-state index in [1.807, 2.05) is 0 Å². The molecule has 0 aliphatic heterocycles. The molecule has 1 atom stereocenters. The topological polar surface area (TPSA) is 89.3 Å². The summed E-state index contributed by atoms with van der Waals surface area (Å²) in [7, 11) is -4.70. The van der Waals surface area contributed by atoms with E-state index >= 15 is 0 Å². The largest absolute Gasteiger partial charge is 0.341 e. The summed E-state index contributed by atoms with van der Waals surface area (Å²) >= 11 is 0. The predicted molar refractivity (Wildman–Crippen MR) is 75.7 cm³/mol. The highest BCUT2D eigenvalue weighted by Gasteiger charge is 2.29. The number of rotatable bonds is 4. The average Bonchev–Trinajstić information content (AvgIpc) is 2.36. The van der Waals surface area contributed by atoms with Crippen molar-refractivity contribution in [1.29, 1.82) is 0 Å². The highest BCUT2D eigenvalue weighted by molar-refractivity contribution is 7.91. The summed E-state index contributed by atoms with van der Waals surface area (Å²) in [5, 5.41) is 2.43. The van der Waals surface area contributed by atoms with Crippen molar-refractivity contribution in [3.63, 3.8) is 0 Å². The second-order valence-corrected chi connectivity index (χ2v) is 7.58. The van der Waals surface area contributed by atoms with Gasteiger partial charge in [-0.3, -0.25) is 4.79 Å². The third-order valence-electron chi connectivity index (χ3n) is 2.88. The molecule has 0 unspecified atom stereocenters. The molecule has 0 radical (unpaired) electrons. The van der Waals surface area contributed by atoms with E-state index in [2.05, 4.69) is 5.32 Å². The minimum atomic E-state index is -4.70. The van der Waals surface area contributed by atoms with Gasteiger partial charge in [0.15, 0.2) is 0 Å². The molecule has 1 aromatic rings. The van der Waals surface area contributed by atoms with Crippen molar-refractivity contribution >= 4 is 21.4 Å². The fourth-order valence-electron chi connectivity index (χ4n) is 1.47. The number of nitrogens with one attached hydrogen (secondary N) is 1. The predicted octanol–water partition coefficient (Wildman–Crippen LogP) is 1.99. The summed E-state index contributed by atoms with van der Waals surface area (Å²) in [5.41, 5.74) is 5.37. The lowest BCUT2D eigenvalue weighted by Gasteiger charge is -2.25. The maximum Gasteiger partial charge on any atom is 0.341 e. The van der Waals surface area contributed by atoms with E-state index < -0.39 is 37.9 Å². The van der Waals surface area contributed by atoms with Crippen LogP contribution in [0.4, 0.5) is 14.5 Å². The molecule has 21 heavy (non-hydrogen) atoms. The van der Waals surface area contributed by atoms with Crippen LogP contribution >= 0.6 is 0 Å². The van der Waals surface area contributed by atoms with Crippen molar-refractivity contribution in [3.05, 3.63) is 24.3 Å². The molecule has 0 heterocycles. The Labute approximate surface area is 122 Å². The number of hydrogen-bond acceptors (Lipinski definition) is 4. The van der Waals surface area contributed by atoms with Gasteiger partial charge in [-0.25, -0.2) is 8.42 Å². The zero-order chi connectivity index (χ0) is 16.4. The molecule has 118 valence electrons. The molecular formula is C13H18F2N2O3S. The van der Waals surface area contributed by atoms with Crippen molar-refractivity contribution in [2.75, 3.05) is 5.32 Å². The third-order valence-corrected chi connectivity index (χ3v) is 4.26. The van der Waals surface area contributed by atoms with E-state index in [1.54, 1.807) is 20.8 Å². The number of carbonyl (C=O) groups is 1. The Balaban J connectivity index is 3.01. The van der Waals surface area contributed by atoms with Gasteiger partial charge in [0, 0.05) is 5.69 Å². The van der Waals surface area contributed by atoms with E-state index in [1.165, 1.54) is 12.1 Å². The van der Waals surface area contributed by atoms with Gasteiger partial charge in [0.2, 0.25) is 15.7 Å². The van der Waals surface area contributed by atoms with Crippen LogP contribution in [0.25, 0.3) is 0 Å². The van der Waals surface area contributed by atoms with Crippen LogP contribution in [0.3, 0.4) is 0 Å². The maximum absolute atomic E-state index is 12.5. The SMILES string of the molecule is CC(C)(C)[C@H](N)C(=O)Nc1cccc(S(=O)(=O)C(F)F)c1. The van der Waals surface area contributed by atoms with Gasteiger partial charge in [0.25, 0.3) is 0 Å². The standard InChI is InChI=1S/C13H18F2N2O3S/c1-13(2,3)10(16)11(18)17-8-5-4-6-9(7-8)21(19,20)12(14)15/h4-7,10,12H,16H2,1-3H3,(H,17,18)/t10-/m1/s1.